The average molecular weight is 520 g/mol. The summed E-state index contributed by atoms with van der Waals surface area (Å²) in [6, 6.07) is 22.9. The predicted molar refractivity (Wildman–Crippen MR) is 150 cm³/mol. The second kappa shape index (κ2) is 10.4. The number of imidazole rings is 1. The van der Waals surface area contributed by atoms with Crippen LogP contribution in [0.3, 0.4) is 0 Å². The number of benzene rings is 3. The molecule has 0 aliphatic rings. The van der Waals surface area contributed by atoms with E-state index < -0.39 is 5.82 Å². The van der Waals surface area contributed by atoms with Crippen LogP contribution in [0.2, 0.25) is 0 Å². The molecule has 0 amide bonds. The van der Waals surface area contributed by atoms with Crippen LogP contribution in [0.5, 0.6) is 11.5 Å². The normalized spacial score (nSPS) is 11.2. The van der Waals surface area contributed by atoms with E-state index in [0.717, 1.165) is 27.9 Å². The van der Waals surface area contributed by atoms with Crippen LogP contribution in [-0.4, -0.2) is 33.6 Å². The van der Waals surface area contributed by atoms with E-state index >= 15 is 0 Å². The van der Waals surface area contributed by atoms with E-state index in [1.807, 2.05) is 59.3 Å². The summed E-state index contributed by atoms with van der Waals surface area (Å²) in [5.74, 6) is 1.48. The van der Waals surface area contributed by atoms with Crippen molar-refractivity contribution in [2.45, 2.75) is 13.0 Å². The highest BCUT2D eigenvalue weighted by molar-refractivity contribution is 5.93. The molecule has 194 valence electrons. The molecule has 8 heteroatoms. The van der Waals surface area contributed by atoms with Gasteiger partial charge in [-0.25, -0.2) is 14.4 Å². The number of anilines is 1. The first-order valence-corrected chi connectivity index (χ1v) is 12.5. The number of aromatic nitrogens is 4. The Kier molecular flexibility index (Phi) is 6.50. The molecule has 3 aromatic carbocycles. The predicted octanol–water partition coefficient (Wildman–Crippen LogP) is 6.30. The van der Waals surface area contributed by atoms with Crippen LogP contribution < -0.4 is 14.8 Å². The Morgan fingerprint density at radius 2 is 1.77 bits per heavy atom. The summed E-state index contributed by atoms with van der Waals surface area (Å²) < 4.78 is 27.6. The fourth-order valence-corrected chi connectivity index (χ4v) is 4.74. The van der Waals surface area contributed by atoms with E-state index in [0.29, 0.717) is 41.4 Å². The van der Waals surface area contributed by atoms with Crippen molar-refractivity contribution in [2.75, 3.05) is 19.5 Å². The van der Waals surface area contributed by atoms with Gasteiger partial charge in [0.1, 0.15) is 28.5 Å². The average Bonchev–Trinajstić information content (AvgIpc) is 3.41. The number of nitrogens with zero attached hydrogens (tertiary/aromatic N) is 4. The molecule has 0 saturated carbocycles. The highest BCUT2D eigenvalue weighted by atomic mass is 19.1. The standard InChI is InChI=1S/C31H26FN5O2/c1-38-25-12-11-23(28(16-25)39-2)18-34-31-36-29-26(9-4-10-27(29)32)30-35-24(19-37(30)31)15-20-6-3-7-21(14-20)22-8-5-13-33-17-22/h3-14,16-17,19H,15,18H2,1-2H3,(H,34,36). The molecule has 0 atom stereocenters. The third-order valence-corrected chi connectivity index (χ3v) is 6.67. The lowest BCUT2D eigenvalue weighted by atomic mass is 10.0. The topological polar surface area (TPSA) is 73.6 Å². The van der Waals surface area contributed by atoms with Gasteiger partial charge in [0.25, 0.3) is 0 Å². The van der Waals surface area contributed by atoms with E-state index in [9.17, 15) is 4.39 Å². The molecule has 3 aromatic heterocycles. The maximum absolute atomic E-state index is 14.9. The molecule has 39 heavy (non-hydrogen) atoms. The first kappa shape index (κ1) is 24.4. The van der Waals surface area contributed by atoms with Crippen molar-refractivity contribution in [3.8, 4) is 22.6 Å². The Bertz CT molecular complexity index is 1790. The monoisotopic (exact) mass is 519 g/mol. The molecule has 3 heterocycles. The van der Waals surface area contributed by atoms with Gasteiger partial charge in [-0.05, 0) is 47.0 Å². The van der Waals surface area contributed by atoms with E-state index in [1.165, 1.54) is 6.07 Å². The van der Waals surface area contributed by atoms with Crippen molar-refractivity contribution in [1.29, 1.82) is 0 Å². The van der Waals surface area contributed by atoms with Crippen molar-refractivity contribution in [1.82, 2.24) is 19.4 Å². The van der Waals surface area contributed by atoms with E-state index in [4.69, 9.17) is 14.5 Å². The van der Waals surface area contributed by atoms with Gasteiger partial charge in [-0.2, -0.15) is 0 Å². The molecule has 0 aliphatic heterocycles. The quantitative estimate of drug-likeness (QED) is 0.254. The molecule has 0 unspecified atom stereocenters. The Hall–Kier alpha value is -4.98. The summed E-state index contributed by atoms with van der Waals surface area (Å²) in [5, 5.41) is 4.01. The van der Waals surface area contributed by atoms with Crippen molar-refractivity contribution in [3.05, 3.63) is 114 Å². The van der Waals surface area contributed by atoms with Gasteiger partial charge >= 0.3 is 0 Å². The molecule has 0 radical (unpaired) electrons. The number of rotatable bonds is 8. The van der Waals surface area contributed by atoms with Crippen LogP contribution in [0.1, 0.15) is 16.8 Å². The first-order valence-electron chi connectivity index (χ1n) is 12.5. The maximum atomic E-state index is 14.9. The molecule has 0 bridgehead atoms. The molecule has 6 aromatic rings. The van der Waals surface area contributed by atoms with Crippen LogP contribution in [0, 0.1) is 5.82 Å². The van der Waals surface area contributed by atoms with Crippen molar-refractivity contribution in [3.63, 3.8) is 0 Å². The summed E-state index contributed by atoms with van der Waals surface area (Å²) in [5.41, 5.74) is 5.93. The number of hydrogen-bond acceptors (Lipinski definition) is 6. The number of hydrogen-bond donors (Lipinski definition) is 1. The molecule has 6 rings (SSSR count). The fraction of sp³-hybridized carbons (Fsp3) is 0.129. The van der Waals surface area contributed by atoms with Gasteiger partial charge in [-0.1, -0.05) is 36.4 Å². The van der Waals surface area contributed by atoms with Gasteiger partial charge in [0.05, 0.1) is 19.9 Å². The van der Waals surface area contributed by atoms with Gasteiger partial charge in [-0.15, -0.1) is 0 Å². The minimum Gasteiger partial charge on any atom is -0.497 e. The summed E-state index contributed by atoms with van der Waals surface area (Å²) in [4.78, 5) is 13.8. The molecular formula is C31H26FN5O2. The molecule has 0 aliphatic carbocycles. The van der Waals surface area contributed by atoms with E-state index in [-0.39, 0.29) is 5.52 Å². The van der Waals surface area contributed by atoms with Crippen molar-refractivity contribution >= 4 is 22.5 Å². The molecule has 7 nitrogen and oxygen atoms in total. The van der Waals surface area contributed by atoms with Crippen LogP contribution in [0.4, 0.5) is 10.3 Å². The number of methoxy groups -OCH3 is 2. The summed E-state index contributed by atoms with van der Waals surface area (Å²) in [6.45, 7) is 0.413. The van der Waals surface area contributed by atoms with Crippen molar-refractivity contribution < 1.29 is 13.9 Å². The maximum Gasteiger partial charge on any atom is 0.209 e. The van der Waals surface area contributed by atoms with Gasteiger partial charge in [0, 0.05) is 48.6 Å². The molecule has 0 spiro atoms. The lowest BCUT2D eigenvalue weighted by molar-refractivity contribution is 0.391. The SMILES string of the molecule is COc1ccc(CNc2nc3c(F)cccc3c3nc(Cc4cccc(-c5cccnc5)c4)cn23)c(OC)c1. The lowest BCUT2D eigenvalue weighted by Gasteiger charge is -2.13. The van der Waals surface area contributed by atoms with E-state index in [1.54, 1.807) is 26.5 Å². The van der Waals surface area contributed by atoms with E-state index in [2.05, 4.69) is 33.5 Å². The molecular weight excluding hydrogens is 493 g/mol. The molecule has 0 saturated heterocycles. The zero-order valence-electron chi connectivity index (χ0n) is 21.6. The number of halogens is 1. The van der Waals surface area contributed by atoms with Crippen molar-refractivity contribution in [2.24, 2.45) is 0 Å². The second-order valence-corrected chi connectivity index (χ2v) is 9.15. The van der Waals surface area contributed by atoms with Crippen LogP contribution in [0.15, 0.2) is 91.4 Å². The summed E-state index contributed by atoms with van der Waals surface area (Å²) in [6.07, 6.45) is 6.18. The molecule has 1 N–H and O–H groups in total. The van der Waals surface area contributed by atoms with Gasteiger partial charge in [-0.3, -0.25) is 9.38 Å². The number of pyridine rings is 1. The molecule has 0 fully saturated rings. The highest BCUT2D eigenvalue weighted by Gasteiger charge is 2.16. The van der Waals surface area contributed by atoms with Crippen LogP contribution >= 0.6 is 0 Å². The first-order chi connectivity index (χ1) is 19.1. The van der Waals surface area contributed by atoms with Crippen LogP contribution in [-0.2, 0) is 13.0 Å². The smallest absolute Gasteiger partial charge is 0.209 e. The summed E-state index contributed by atoms with van der Waals surface area (Å²) >= 11 is 0. The number of fused-ring (bicyclic) bond motifs is 3. The second-order valence-electron chi connectivity index (χ2n) is 9.15. The number of ether oxygens (including phenoxy) is 2. The Morgan fingerprint density at radius 3 is 2.59 bits per heavy atom. The number of para-hydroxylation sites is 1. The third-order valence-electron chi connectivity index (χ3n) is 6.67. The summed E-state index contributed by atoms with van der Waals surface area (Å²) in [7, 11) is 3.23. The fourth-order valence-electron chi connectivity index (χ4n) is 4.74. The van der Waals surface area contributed by atoms with Gasteiger partial charge in [0.2, 0.25) is 5.95 Å². The highest BCUT2D eigenvalue weighted by Crippen LogP contribution is 2.28. The Morgan fingerprint density at radius 1 is 0.897 bits per heavy atom. The lowest BCUT2D eigenvalue weighted by Crippen LogP contribution is -2.08. The Balaban J connectivity index is 1.37. The number of nitrogens with one attached hydrogen (secondary N) is 1. The van der Waals surface area contributed by atoms with Gasteiger partial charge < -0.3 is 14.8 Å². The Labute approximate surface area is 224 Å². The zero-order valence-corrected chi connectivity index (χ0v) is 21.6. The van der Waals surface area contributed by atoms with Crippen LogP contribution in [0.25, 0.3) is 27.7 Å². The third kappa shape index (κ3) is 4.84. The minimum atomic E-state index is -0.395. The largest absolute Gasteiger partial charge is 0.497 e. The van der Waals surface area contributed by atoms with Gasteiger partial charge in [0.15, 0.2) is 0 Å². The zero-order chi connectivity index (χ0) is 26.8. The minimum absolute atomic E-state index is 0.268.